The summed E-state index contributed by atoms with van der Waals surface area (Å²) < 4.78 is 44.8. The molecule has 1 aromatic carbocycles. The van der Waals surface area contributed by atoms with E-state index >= 15 is 4.39 Å². The maximum absolute atomic E-state index is 15.5. The first-order valence-electron chi connectivity index (χ1n) is 11.3. The van der Waals surface area contributed by atoms with Crippen molar-refractivity contribution in [2.45, 2.75) is 43.4 Å². The Labute approximate surface area is 223 Å². The number of ether oxygens (including phenoxy) is 1. The number of benzene rings is 1. The maximum atomic E-state index is 15.5. The molecule has 2 heterocycles. The lowest BCUT2D eigenvalue weighted by molar-refractivity contribution is 0.0694. The average Bonchev–Trinajstić information content (AvgIpc) is 3.55. The van der Waals surface area contributed by atoms with Crippen LogP contribution in [0.3, 0.4) is 0 Å². The zero-order valence-corrected chi connectivity index (χ0v) is 22.6. The number of pyridine rings is 1. The van der Waals surface area contributed by atoms with E-state index in [-0.39, 0.29) is 47.2 Å². The van der Waals surface area contributed by atoms with Gasteiger partial charge < -0.3 is 49.9 Å². The molecule has 2 fully saturated rings. The van der Waals surface area contributed by atoms with Gasteiger partial charge in [-0.3, -0.25) is 13.9 Å². The first-order valence-corrected chi connectivity index (χ1v) is 14.9. The van der Waals surface area contributed by atoms with Gasteiger partial charge >= 0.3 is 32.3 Å². The first kappa shape index (κ1) is 29.3. The lowest BCUT2D eigenvalue weighted by Crippen LogP contribution is -2.42. The number of halogens is 2. The van der Waals surface area contributed by atoms with E-state index < -0.39 is 60.9 Å². The minimum Gasteiger partial charge on any atom is -0.477 e. The van der Waals surface area contributed by atoms with Crippen molar-refractivity contribution in [3.8, 4) is 0 Å². The van der Waals surface area contributed by atoms with Gasteiger partial charge in [0.2, 0.25) is 5.43 Å². The molecule has 4 rings (SSSR count). The molecule has 19 heteroatoms. The number of aromatic nitrogens is 1. The number of hydrogen-bond donors (Lipinski definition) is 7. The van der Waals surface area contributed by atoms with Crippen LogP contribution in [0.15, 0.2) is 11.0 Å². The van der Waals surface area contributed by atoms with Gasteiger partial charge in [-0.05, 0) is 26.2 Å². The van der Waals surface area contributed by atoms with Crippen LogP contribution in [0.1, 0.15) is 42.6 Å². The summed E-state index contributed by atoms with van der Waals surface area (Å²) in [5.41, 5.74) is 3.61. The first-order chi connectivity index (χ1) is 17.9. The average molecular weight is 613 g/mol. The molecule has 1 aromatic heterocycles. The summed E-state index contributed by atoms with van der Waals surface area (Å²) in [5, 5.41) is 7.65. The van der Waals surface area contributed by atoms with Crippen molar-refractivity contribution in [2.24, 2.45) is 0 Å². The number of alkyl carbamates (subject to hydrolysis) is 1. The Morgan fingerprint density at radius 1 is 1.21 bits per heavy atom. The third-order valence-corrected chi connectivity index (χ3v) is 11.0. The van der Waals surface area contributed by atoms with Crippen LogP contribution in [0, 0.1) is 5.82 Å². The van der Waals surface area contributed by atoms with Crippen LogP contribution in [0.25, 0.3) is 10.9 Å². The molecule has 1 aliphatic carbocycles. The van der Waals surface area contributed by atoms with E-state index in [9.17, 15) is 48.2 Å². The van der Waals surface area contributed by atoms with Gasteiger partial charge in [0.15, 0.2) is 5.82 Å². The van der Waals surface area contributed by atoms with Crippen molar-refractivity contribution in [1.82, 2.24) is 9.88 Å². The molecule has 15 nitrogen and oxygen atoms in total. The maximum Gasteiger partial charge on any atom is 0.409 e. The highest BCUT2D eigenvalue weighted by Gasteiger charge is 2.60. The Bertz CT molecular complexity index is 1530. The van der Waals surface area contributed by atoms with E-state index in [2.05, 4.69) is 10.1 Å². The van der Waals surface area contributed by atoms with Crippen LogP contribution < -0.4 is 21.4 Å². The highest BCUT2D eigenvalue weighted by Crippen LogP contribution is 2.69. The predicted molar refractivity (Wildman–Crippen MR) is 136 cm³/mol. The molecule has 1 saturated heterocycles. The largest absolute Gasteiger partial charge is 0.477 e. The lowest BCUT2D eigenvalue weighted by atomic mass is 10.1. The van der Waals surface area contributed by atoms with Gasteiger partial charge in [-0.2, -0.15) is 0 Å². The van der Waals surface area contributed by atoms with Crippen molar-refractivity contribution < 1.29 is 52.5 Å². The number of carboxylic acid groups (broad SMARTS) is 1. The molecule has 1 saturated carbocycles. The van der Waals surface area contributed by atoms with Crippen molar-refractivity contribution in [3.63, 3.8) is 0 Å². The van der Waals surface area contributed by atoms with E-state index in [1.165, 1.54) is 9.47 Å². The number of carboxylic acids is 1. The van der Waals surface area contributed by atoms with E-state index in [1.807, 2.05) is 0 Å². The number of nitrogen functional groups attached to an aromatic ring is 1. The third kappa shape index (κ3) is 5.02. The minimum absolute atomic E-state index is 0.0536. The fraction of sp³-hybridized carbons (Fsp3) is 0.450. The summed E-state index contributed by atoms with van der Waals surface area (Å²) in [4.78, 5) is 75.6. The molecule has 2 aliphatic rings. The third-order valence-electron chi connectivity index (χ3n) is 6.73. The Morgan fingerprint density at radius 3 is 2.31 bits per heavy atom. The Balaban J connectivity index is 1.66. The van der Waals surface area contributed by atoms with Crippen molar-refractivity contribution in [2.75, 3.05) is 23.7 Å². The van der Waals surface area contributed by atoms with Crippen LogP contribution in [0.5, 0.6) is 0 Å². The van der Waals surface area contributed by atoms with Gasteiger partial charge in [0, 0.05) is 25.3 Å². The highest BCUT2D eigenvalue weighted by molar-refractivity contribution is 7.72. The Kier molecular flexibility index (Phi) is 7.31. The van der Waals surface area contributed by atoms with E-state index in [4.69, 9.17) is 17.3 Å². The number of carbonyl (C=O) groups is 2. The second-order valence-electron chi connectivity index (χ2n) is 9.42. The zero-order chi connectivity index (χ0) is 29.2. The number of nitrogens with zero attached hydrogens (tertiary/aromatic N) is 2. The van der Waals surface area contributed by atoms with E-state index in [1.54, 1.807) is 0 Å². The summed E-state index contributed by atoms with van der Waals surface area (Å²) in [6.45, 7) is 0.332. The fourth-order valence-corrected chi connectivity index (χ4v) is 6.52. The van der Waals surface area contributed by atoms with Crippen molar-refractivity contribution >= 4 is 61.1 Å². The van der Waals surface area contributed by atoms with Crippen molar-refractivity contribution in [1.29, 1.82) is 0 Å². The zero-order valence-electron chi connectivity index (χ0n) is 20.1. The Morgan fingerprint density at radius 2 is 1.79 bits per heavy atom. The number of rotatable bonds is 7. The molecule has 1 unspecified atom stereocenters. The number of carbonyl (C=O) groups excluding carboxylic acids is 1. The molecule has 1 amide bonds. The summed E-state index contributed by atoms with van der Waals surface area (Å²) >= 11 is 6.59. The van der Waals surface area contributed by atoms with Gasteiger partial charge in [-0.25, -0.2) is 14.0 Å². The molecule has 1 aliphatic heterocycles. The standard InChI is InChI=1S/C20H24ClFN4O11P2/c1-20(38(31,32)33,39(34,35)36)37-19(30)24-8-4-5-25(6-8)16-12(21)15-11(14(23)13(16)22)17(27)10(18(28)29)7-26(15)9-2-3-9/h7-9H,2-6,23H2,1H3,(H,24,30)(H,28,29)(H2,31,32,33)(H2,34,35,36). The van der Waals surface area contributed by atoms with E-state index in [0.717, 1.165) is 6.20 Å². The highest BCUT2D eigenvalue weighted by atomic mass is 35.5. The van der Waals surface area contributed by atoms with Crippen LogP contribution >= 0.6 is 26.8 Å². The molecular formula is C20H24ClFN4O11P2. The van der Waals surface area contributed by atoms with Crippen LogP contribution in [0.4, 0.5) is 20.6 Å². The van der Waals surface area contributed by atoms with E-state index in [0.29, 0.717) is 19.8 Å². The molecule has 214 valence electrons. The van der Waals surface area contributed by atoms with Gasteiger partial charge in [-0.1, -0.05) is 11.6 Å². The quantitative estimate of drug-likeness (QED) is 0.174. The second-order valence-corrected chi connectivity index (χ2v) is 14.0. The number of nitrogens with one attached hydrogen (secondary N) is 1. The number of nitrogens with two attached hydrogens (primary N) is 1. The number of anilines is 2. The van der Waals surface area contributed by atoms with Crippen molar-refractivity contribution in [3.05, 3.63) is 32.8 Å². The molecular weight excluding hydrogens is 589 g/mol. The molecule has 0 radical (unpaired) electrons. The number of hydrogen-bond acceptors (Lipinski definition) is 8. The number of fused-ring (bicyclic) bond motifs is 1. The molecule has 1 atom stereocenters. The molecule has 39 heavy (non-hydrogen) atoms. The van der Waals surface area contributed by atoms with Crippen LogP contribution in [-0.4, -0.2) is 65.5 Å². The van der Waals surface area contributed by atoms with Gasteiger partial charge in [-0.15, -0.1) is 0 Å². The van der Waals surface area contributed by atoms with Gasteiger partial charge in [0.25, 0.3) is 0 Å². The molecule has 0 spiro atoms. The minimum atomic E-state index is -5.63. The summed E-state index contributed by atoms with van der Waals surface area (Å²) in [7, 11) is -11.3. The summed E-state index contributed by atoms with van der Waals surface area (Å²) in [5.74, 6) is -2.60. The smallest absolute Gasteiger partial charge is 0.409 e. The fourth-order valence-electron chi connectivity index (χ4n) is 4.36. The van der Waals surface area contributed by atoms with Gasteiger partial charge in [0.05, 0.1) is 33.3 Å². The number of amides is 1. The normalized spacial score (nSPS) is 18.4. The topological polar surface area (TPSA) is 242 Å². The number of aromatic carboxylic acids is 1. The van der Waals surface area contributed by atoms with Gasteiger partial charge in [0.1, 0.15) is 5.56 Å². The summed E-state index contributed by atoms with van der Waals surface area (Å²) in [6.07, 6.45) is 1.06. The lowest BCUT2D eigenvalue weighted by Gasteiger charge is -2.30. The van der Waals surface area contributed by atoms with Crippen LogP contribution in [0.2, 0.25) is 5.02 Å². The Hall–Kier alpha value is -2.71. The summed E-state index contributed by atoms with van der Waals surface area (Å²) in [6, 6.07) is -1.02. The molecule has 0 bridgehead atoms. The molecule has 2 aromatic rings. The predicted octanol–water partition coefficient (Wildman–Crippen LogP) is 1.74. The molecule has 8 N–H and O–H groups in total. The SMILES string of the molecule is CC(OC(=O)NC1CCN(c2c(F)c(N)c3c(=O)c(C(=O)O)cn(C4CC4)c3c2Cl)C1)(P(=O)(O)O)P(=O)(O)O. The van der Waals surface area contributed by atoms with Crippen LogP contribution in [-0.2, 0) is 13.9 Å². The second kappa shape index (κ2) is 9.73. The monoisotopic (exact) mass is 612 g/mol.